The summed E-state index contributed by atoms with van der Waals surface area (Å²) in [5.74, 6) is 0.0535. The molecule has 4 nitrogen and oxygen atoms in total. The van der Waals surface area contributed by atoms with Crippen LogP contribution in [0.5, 0.6) is 0 Å². The van der Waals surface area contributed by atoms with Crippen LogP contribution >= 0.6 is 0 Å². The number of hydrogen-bond acceptors (Lipinski definition) is 4. The highest BCUT2D eigenvalue weighted by molar-refractivity contribution is 5.99. The first-order chi connectivity index (χ1) is 6.88. The van der Waals surface area contributed by atoms with Gasteiger partial charge in [-0.15, -0.1) is 0 Å². The Balaban J connectivity index is 0.00000112. The molecule has 82 valence electrons. The number of pyridine rings is 1. The van der Waals surface area contributed by atoms with Crippen molar-refractivity contribution in [2.45, 2.75) is 6.04 Å². The largest absolute Gasteiger partial charge is 0.378 e. The van der Waals surface area contributed by atoms with Gasteiger partial charge in [0.25, 0.3) is 0 Å². The average Bonchev–Trinajstić information content (AvgIpc) is 2.30. The van der Waals surface area contributed by atoms with Gasteiger partial charge in [0.05, 0.1) is 19.3 Å². The number of rotatable bonds is 2. The molecule has 0 aliphatic carbocycles. The Morgan fingerprint density at radius 3 is 3.07 bits per heavy atom. The first-order valence-electron chi connectivity index (χ1n) is 4.63. The summed E-state index contributed by atoms with van der Waals surface area (Å²) in [4.78, 5) is 15.7. The van der Waals surface area contributed by atoms with Gasteiger partial charge in [-0.25, -0.2) is 0 Å². The average molecular weight is 212 g/mol. The van der Waals surface area contributed by atoms with E-state index in [0.717, 1.165) is 6.54 Å². The Morgan fingerprint density at radius 1 is 1.60 bits per heavy atom. The van der Waals surface area contributed by atoms with E-state index in [2.05, 4.69) is 10.3 Å². The molecular weight excluding hydrogens is 199 g/mol. The van der Waals surface area contributed by atoms with Crippen LogP contribution in [0.1, 0.15) is 10.4 Å². The Labute approximate surface area is 87.0 Å². The van der Waals surface area contributed by atoms with Gasteiger partial charge in [-0.1, -0.05) is 0 Å². The molecule has 1 fully saturated rings. The molecule has 1 saturated heterocycles. The molecule has 2 rings (SSSR count). The third kappa shape index (κ3) is 2.81. The predicted octanol–water partition coefficient (Wildman–Crippen LogP) is 0.405. The van der Waals surface area contributed by atoms with Crippen molar-refractivity contribution in [3.8, 4) is 0 Å². The lowest BCUT2D eigenvalue weighted by molar-refractivity contribution is 0.0607. The molecule has 1 aliphatic rings. The summed E-state index contributed by atoms with van der Waals surface area (Å²) in [6.45, 7) is 1.86. The van der Waals surface area contributed by atoms with Crippen LogP contribution in [0.15, 0.2) is 24.5 Å². The number of ether oxygens (including phenoxy) is 1. The molecule has 5 heteroatoms. The van der Waals surface area contributed by atoms with Crippen LogP contribution in [-0.4, -0.2) is 36.6 Å². The smallest absolute Gasteiger partial charge is 0.183 e. The van der Waals surface area contributed by atoms with Crippen LogP contribution in [0, 0.1) is 0 Å². The zero-order valence-electron chi connectivity index (χ0n) is 8.18. The van der Waals surface area contributed by atoms with E-state index in [-0.39, 0.29) is 16.5 Å². The molecule has 0 radical (unpaired) electrons. The van der Waals surface area contributed by atoms with Crippen molar-refractivity contribution >= 4 is 5.78 Å². The normalized spacial score (nSPS) is 20.4. The van der Waals surface area contributed by atoms with E-state index in [1.165, 1.54) is 0 Å². The van der Waals surface area contributed by atoms with Crippen molar-refractivity contribution in [1.29, 1.82) is 0 Å². The summed E-state index contributed by atoms with van der Waals surface area (Å²) in [5.41, 5.74) is 0.635. The highest BCUT2D eigenvalue weighted by Gasteiger charge is 2.22. The minimum atomic E-state index is -0.215. The van der Waals surface area contributed by atoms with Crippen LogP contribution in [0.3, 0.4) is 0 Å². The van der Waals surface area contributed by atoms with E-state index in [9.17, 15) is 4.79 Å². The van der Waals surface area contributed by atoms with E-state index >= 15 is 0 Å². The van der Waals surface area contributed by atoms with Crippen molar-refractivity contribution in [3.63, 3.8) is 0 Å². The van der Waals surface area contributed by atoms with Crippen molar-refractivity contribution < 1.29 is 14.2 Å². The van der Waals surface area contributed by atoms with Crippen molar-refractivity contribution in [2.24, 2.45) is 0 Å². The number of nitrogens with zero attached hydrogens (tertiary/aromatic N) is 1. The Morgan fingerprint density at radius 2 is 2.47 bits per heavy atom. The van der Waals surface area contributed by atoms with Crippen LogP contribution in [0.2, 0.25) is 0 Å². The summed E-state index contributed by atoms with van der Waals surface area (Å²) in [5, 5.41) is 3.12. The third-order valence-corrected chi connectivity index (χ3v) is 2.18. The highest BCUT2D eigenvalue weighted by Crippen LogP contribution is 2.04. The lowest BCUT2D eigenvalue weighted by Crippen LogP contribution is -2.46. The Kier molecular flexibility index (Phi) is 4.33. The monoisotopic (exact) mass is 212 g/mol. The molecule has 1 unspecified atom stereocenters. The van der Waals surface area contributed by atoms with Crippen LogP contribution in [0.4, 0.5) is 4.70 Å². The second kappa shape index (κ2) is 5.53. The third-order valence-electron chi connectivity index (χ3n) is 2.18. The molecule has 0 spiro atoms. The summed E-state index contributed by atoms with van der Waals surface area (Å²) in [7, 11) is 0. The van der Waals surface area contributed by atoms with Crippen molar-refractivity contribution in [1.82, 2.24) is 10.3 Å². The number of aromatic nitrogens is 1. The van der Waals surface area contributed by atoms with Gasteiger partial charge in [-0.05, 0) is 12.1 Å². The second-order valence-corrected chi connectivity index (χ2v) is 3.19. The van der Waals surface area contributed by atoms with Gasteiger partial charge < -0.3 is 10.1 Å². The Hall–Kier alpha value is -1.33. The number of carbonyl (C=O) groups is 1. The molecule has 1 N–H and O–H groups in total. The number of ketones is 1. The van der Waals surface area contributed by atoms with Gasteiger partial charge in [-0.2, -0.15) is 0 Å². The first-order valence-corrected chi connectivity index (χ1v) is 4.63. The quantitative estimate of drug-likeness (QED) is 0.721. The molecule has 1 aromatic heterocycles. The maximum atomic E-state index is 11.8. The number of morpholine rings is 1. The van der Waals surface area contributed by atoms with Gasteiger partial charge >= 0.3 is 0 Å². The van der Waals surface area contributed by atoms with Crippen LogP contribution in [0.25, 0.3) is 0 Å². The molecule has 2 heterocycles. The molecule has 15 heavy (non-hydrogen) atoms. The fourth-order valence-electron chi connectivity index (χ4n) is 1.44. The molecule has 0 amide bonds. The van der Waals surface area contributed by atoms with Crippen molar-refractivity contribution in [2.75, 3.05) is 19.8 Å². The molecular formula is C10H13FN2O2. The number of halogens is 1. The summed E-state index contributed by atoms with van der Waals surface area (Å²) < 4.78 is 5.22. The molecule has 1 atom stereocenters. The van der Waals surface area contributed by atoms with E-state index in [0.29, 0.717) is 18.8 Å². The molecule has 0 bridgehead atoms. The van der Waals surface area contributed by atoms with Crippen molar-refractivity contribution in [3.05, 3.63) is 30.1 Å². The van der Waals surface area contributed by atoms with Gasteiger partial charge in [-0.3, -0.25) is 14.5 Å². The SMILES string of the molecule is F.O=C(c1cccnc1)C1COCCN1. The summed E-state index contributed by atoms with van der Waals surface area (Å²) >= 11 is 0. The second-order valence-electron chi connectivity index (χ2n) is 3.19. The zero-order valence-corrected chi connectivity index (χ0v) is 8.18. The van der Waals surface area contributed by atoms with E-state index in [4.69, 9.17) is 4.74 Å². The minimum Gasteiger partial charge on any atom is -0.378 e. The molecule has 0 saturated carbocycles. The van der Waals surface area contributed by atoms with E-state index < -0.39 is 0 Å². The maximum absolute atomic E-state index is 11.8. The fourth-order valence-corrected chi connectivity index (χ4v) is 1.44. The fraction of sp³-hybridized carbons (Fsp3) is 0.400. The van der Waals surface area contributed by atoms with Crippen LogP contribution in [-0.2, 0) is 4.74 Å². The topological polar surface area (TPSA) is 51.2 Å². The molecule has 0 aromatic carbocycles. The predicted molar refractivity (Wildman–Crippen MR) is 53.7 cm³/mol. The van der Waals surface area contributed by atoms with Gasteiger partial charge in [0.1, 0.15) is 0 Å². The number of hydrogen-bond donors (Lipinski definition) is 1. The standard InChI is InChI=1S/C10H12N2O2.FH/c13-10(8-2-1-3-11-6-8)9-7-14-5-4-12-9;/h1-3,6,9,12H,4-5,7H2;1H. The number of carbonyl (C=O) groups excluding carboxylic acids is 1. The van der Waals surface area contributed by atoms with E-state index in [1.807, 2.05) is 0 Å². The first kappa shape index (κ1) is 11.7. The maximum Gasteiger partial charge on any atom is 0.183 e. The van der Waals surface area contributed by atoms with Gasteiger partial charge in [0.2, 0.25) is 0 Å². The van der Waals surface area contributed by atoms with Gasteiger partial charge in [0.15, 0.2) is 5.78 Å². The zero-order chi connectivity index (χ0) is 9.80. The molecule has 1 aliphatic heterocycles. The minimum absolute atomic E-state index is 0. The lowest BCUT2D eigenvalue weighted by Gasteiger charge is -2.22. The number of Topliss-reactive ketones (excluding diaryl/α,β-unsaturated/α-hetero) is 1. The van der Waals surface area contributed by atoms with E-state index in [1.54, 1.807) is 24.5 Å². The van der Waals surface area contributed by atoms with Gasteiger partial charge in [0, 0.05) is 24.5 Å². The van der Waals surface area contributed by atoms with Crippen LogP contribution < -0.4 is 5.32 Å². The number of nitrogens with one attached hydrogen (secondary N) is 1. The summed E-state index contributed by atoms with van der Waals surface area (Å²) in [6, 6.07) is 3.32. The lowest BCUT2D eigenvalue weighted by atomic mass is 10.1. The summed E-state index contributed by atoms with van der Waals surface area (Å²) in [6.07, 6.45) is 3.24. The Bertz CT molecular complexity index is 312. The molecule has 1 aromatic rings. The highest BCUT2D eigenvalue weighted by atomic mass is 19.0.